The summed E-state index contributed by atoms with van der Waals surface area (Å²) in [6.45, 7) is 3.86. The summed E-state index contributed by atoms with van der Waals surface area (Å²) in [6, 6.07) is 6.48. The minimum atomic E-state index is -1.72. The van der Waals surface area contributed by atoms with Gasteiger partial charge in [-0.25, -0.2) is 4.79 Å². The van der Waals surface area contributed by atoms with E-state index in [0.717, 1.165) is 6.54 Å². The van der Waals surface area contributed by atoms with Gasteiger partial charge in [0.15, 0.2) is 0 Å². The first kappa shape index (κ1) is 28.0. The molecule has 4 N–H and O–H groups in total. The van der Waals surface area contributed by atoms with Crippen molar-refractivity contribution in [2.75, 3.05) is 41.0 Å². The second-order valence-corrected chi connectivity index (χ2v) is 13.6. The van der Waals surface area contributed by atoms with Gasteiger partial charge in [-0.3, -0.25) is 4.90 Å². The van der Waals surface area contributed by atoms with E-state index in [-0.39, 0.29) is 42.7 Å². The van der Waals surface area contributed by atoms with Crippen molar-refractivity contribution in [2.45, 2.75) is 74.3 Å². The molecule has 1 heterocycles. The number of likely N-dealkylation sites (tertiary alicyclic amines) is 1. The Labute approximate surface area is 240 Å². The molecule has 1 aromatic rings. The van der Waals surface area contributed by atoms with Crippen molar-refractivity contribution in [2.24, 2.45) is 34.5 Å². The average Bonchev–Trinajstić information content (AvgIpc) is 3.35. The Morgan fingerprint density at radius 1 is 1.00 bits per heavy atom. The number of piperidine rings is 1. The molecule has 1 spiro atoms. The monoisotopic (exact) mass is 573 g/mol. The topological polar surface area (TPSA) is 138 Å². The van der Waals surface area contributed by atoms with Crippen LogP contribution in [0, 0.1) is 34.5 Å². The van der Waals surface area contributed by atoms with Gasteiger partial charge in [-0.15, -0.1) is 0 Å². The number of fused-ring (bicyclic) bond motifs is 2. The minimum absolute atomic E-state index is 0.0177. The Morgan fingerprint density at radius 3 is 2.37 bits per heavy atom. The molecule has 226 valence electrons. The molecule has 1 saturated heterocycles. The lowest BCUT2D eigenvalue weighted by Crippen LogP contribution is -2.78. The lowest BCUT2D eigenvalue weighted by atomic mass is 9.42. The molecular formula is C31H43NO9. The van der Waals surface area contributed by atoms with Crippen molar-refractivity contribution in [3.8, 4) is 5.75 Å². The van der Waals surface area contributed by atoms with E-state index in [1.165, 1.54) is 0 Å². The van der Waals surface area contributed by atoms with Crippen LogP contribution in [0.15, 0.2) is 24.3 Å². The van der Waals surface area contributed by atoms with Gasteiger partial charge in [0, 0.05) is 62.3 Å². The highest BCUT2D eigenvalue weighted by Crippen LogP contribution is 2.79. The summed E-state index contributed by atoms with van der Waals surface area (Å²) < 4.78 is 23.2. The quantitative estimate of drug-likeness (QED) is 0.347. The van der Waals surface area contributed by atoms with Gasteiger partial charge in [0.2, 0.25) is 0 Å². The number of hydrogen-bond donors (Lipinski definition) is 4. The molecule has 5 saturated carbocycles. The van der Waals surface area contributed by atoms with Crippen LogP contribution in [0.2, 0.25) is 0 Å². The minimum Gasteiger partial charge on any atom is -0.497 e. The molecule has 10 nitrogen and oxygen atoms in total. The highest BCUT2D eigenvalue weighted by Gasteiger charge is 2.86. The molecule has 0 radical (unpaired) electrons. The Kier molecular flexibility index (Phi) is 6.22. The molecule has 41 heavy (non-hydrogen) atoms. The highest BCUT2D eigenvalue weighted by atomic mass is 16.6. The molecular weight excluding hydrogens is 530 g/mol. The maximum atomic E-state index is 13.3. The number of hydrogen-bond acceptors (Lipinski definition) is 10. The Hall–Kier alpha value is -1.79. The van der Waals surface area contributed by atoms with Crippen molar-refractivity contribution >= 4 is 5.97 Å². The van der Waals surface area contributed by atoms with Crippen molar-refractivity contribution in [3.63, 3.8) is 0 Å². The van der Waals surface area contributed by atoms with Crippen molar-refractivity contribution in [1.29, 1.82) is 0 Å². The fourth-order valence-corrected chi connectivity index (χ4v) is 11.4. The van der Waals surface area contributed by atoms with E-state index < -0.39 is 52.2 Å². The van der Waals surface area contributed by atoms with E-state index in [1.54, 1.807) is 45.6 Å². The van der Waals surface area contributed by atoms with Gasteiger partial charge < -0.3 is 39.4 Å². The molecule has 1 unspecified atom stereocenters. The summed E-state index contributed by atoms with van der Waals surface area (Å²) in [7, 11) is 4.90. The number of carbonyl (C=O) groups is 1. The van der Waals surface area contributed by atoms with Crippen LogP contribution in [0.5, 0.6) is 5.75 Å². The number of methoxy groups -OCH3 is 3. The fraction of sp³-hybridized carbons (Fsp3) is 0.774. The smallest absolute Gasteiger partial charge is 0.338 e. The van der Waals surface area contributed by atoms with Crippen LogP contribution in [0.3, 0.4) is 0 Å². The summed E-state index contributed by atoms with van der Waals surface area (Å²) in [4.78, 5) is 15.7. The summed E-state index contributed by atoms with van der Waals surface area (Å²) in [6.07, 6.45) is -2.01. The third-order valence-electron chi connectivity index (χ3n) is 12.7. The van der Waals surface area contributed by atoms with Crippen LogP contribution in [-0.4, -0.2) is 114 Å². The molecule has 10 heteroatoms. The van der Waals surface area contributed by atoms with Crippen molar-refractivity contribution in [1.82, 2.24) is 4.90 Å². The Bertz CT molecular complexity index is 1210. The first-order valence-electron chi connectivity index (χ1n) is 15.0. The summed E-state index contributed by atoms with van der Waals surface area (Å²) in [5.74, 6) is -1.18. The van der Waals surface area contributed by atoms with Crippen LogP contribution in [-0.2, 0) is 14.2 Å². The number of rotatable bonds is 7. The average molecular weight is 574 g/mol. The number of aliphatic hydroxyl groups excluding tert-OH is 2. The zero-order valence-corrected chi connectivity index (χ0v) is 24.2. The summed E-state index contributed by atoms with van der Waals surface area (Å²) in [5, 5.41) is 48.4. The molecule has 5 aliphatic carbocycles. The Morgan fingerprint density at radius 2 is 1.73 bits per heavy atom. The number of aliphatic hydroxyl groups is 4. The summed E-state index contributed by atoms with van der Waals surface area (Å²) >= 11 is 0. The van der Waals surface area contributed by atoms with Gasteiger partial charge in [-0.05, 0) is 55.5 Å². The molecule has 0 aromatic heterocycles. The lowest BCUT2D eigenvalue weighted by molar-refractivity contribution is -0.297. The summed E-state index contributed by atoms with van der Waals surface area (Å²) in [5.41, 5.74) is -3.84. The predicted molar refractivity (Wildman–Crippen MR) is 145 cm³/mol. The zero-order chi connectivity index (χ0) is 29.1. The van der Waals surface area contributed by atoms with Gasteiger partial charge in [-0.2, -0.15) is 0 Å². The SMILES string of the molecule is CCN1C[C@]2(COC)[C@H](O)C[C@H](OC)[C@]34C1[C@H](C[C@H]23)[C@@]1(O)C[C@H](OC(=O)c2ccc(OC)cc2)[C@@]2(O)C[C@@H]4[C@@H]1[C@H]2O. The number of benzene rings is 1. The van der Waals surface area contributed by atoms with Crippen LogP contribution in [0.4, 0.5) is 0 Å². The predicted octanol–water partition coefficient (Wildman–Crippen LogP) is 0.836. The van der Waals surface area contributed by atoms with Crippen LogP contribution >= 0.6 is 0 Å². The first-order valence-corrected chi connectivity index (χ1v) is 15.0. The van der Waals surface area contributed by atoms with Crippen LogP contribution in [0.25, 0.3) is 0 Å². The number of carbonyl (C=O) groups excluding carboxylic acids is 1. The third-order valence-corrected chi connectivity index (χ3v) is 12.7. The van der Waals surface area contributed by atoms with Gasteiger partial charge in [0.25, 0.3) is 0 Å². The second kappa shape index (κ2) is 9.11. The maximum Gasteiger partial charge on any atom is 0.338 e. The standard InChI is InChI=1S/C31H43NO9/c1-5-32-14-28(15-38-2)20-10-18-25(32)31(20,22(40-4)11-21(28)33)19-12-30(37)23(13-29(18,36)24(19)26(30)34)41-27(35)16-6-8-17(39-3)9-7-16/h6-9,18-26,33-34,36-37H,5,10-15H2,1-4H3/t18-,19+,20+,21+,22-,23-,24+,25?,26+,28+,29-,30-,31+/m0/s1. The van der Waals surface area contributed by atoms with Gasteiger partial charge in [-0.1, -0.05) is 6.92 Å². The molecule has 0 amide bonds. The van der Waals surface area contributed by atoms with Crippen molar-refractivity contribution in [3.05, 3.63) is 29.8 Å². The first-order chi connectivity index (χ1) is 19.6. The Balaban J connectivity index is 1.33. The highest BCUT2D eigenvalue weighted by molar-refractivity contribution is 5.89. The molecule has 6 aliphatic rings. The number of esters is 1. The third kappa shape index (κ3) is 3.20. The molecule has 13 atom stereocenters. The van der Waals surface area contributed by atoms with E-state index >= 15 is 0 Å². The number of ether oxygens (including phenoxy) is 4. The van der Waals surface area contributed by atoms with Gasteiger partial charge in [0.1, 0.15) is 17.5 Å². The molecule has 1 aromatic carbocycles. The van der Waals surface area contributed by atoms with Crippen molar-refractivity contribution < 1.29 is 44.2 Å². The van der Waals surface area contributed by atoms with E-state index in [0.29, 0.717) is 37.3 Å². The molecule has 7 rings (SSSR count). The van der Waals surface area contributed by atoms with E-state index in [9.17, 15) is 25.2 Å². The largest absolute Gasteiger partial charge is 0.497 e. The normalized spacial score (nSPS) is 51.0. The molecule has 7 bridgehead atoms. The van der Waals surface area contributed by atoms with Crippen LogP contribution in [0.1, 0.15) is 43.0 Å². The van der Waals surface area contributed by atoms with E-state index in [4.69, 9.17) is 18.9 Å². The zero-order valence-electron chi connectivity index (χ0n) is 24.2. The van der Waals surface area contributed by atoms with Crippen LogP contribution < -0.4 is 4.74 Å². The second-order valence-electron chi connectivity index (χ2n) is 13.6. The fourth-order valence-electron chi connectivity index (χ4n) is 11.4. The maximum absolute atomic E-state index is 13.3. The molecule has 1 aliphatic heterocycles. The van der Waals surface area contributed by atoms with E-state index in [2.05, 4.69) is 11.8 Å². The van der Waals surface area contributed by atoms with Gasteiger partial charge in [0.05, 0.1) is 43.2 Å². The van der Waals surface area contributed by atoms with Gasteiger partial charge >= 0.3 is 5.97 Å². The van der Waals surface area contributed by atoms with E-state index in [1.807, 2.05) is 0 Å². The lowest BCUT2D eigenvalue weighted by Gasteiger charge is -2.70. The number of nitrogens with zero attached hydrogens (tertiary/aromatic N) is 1. The molecule has 6 fully saturated rings.